The zero-order valence-corrected chi connectivity index (χ0v) is 10.4. The molecule has 0 saturated carbocycles. The Morgan fingerprint density at radius 3 is 2.18 bits per heavy atom. The molecule has 0 spiro atoms. The SMILES string of the molecule is CNC(=O)OCOC(=O)C(NC(C)=O)C(C)C. The van der Waals surface area contributed by atoms with E-state index < -0.39 is 24.9 Å². The quantitative estimate of drug-likeness (QED) is 0.526. The Balaban J connectivity index is 4.15. The Labute approximate surface area is 99.8 Å². The first-order chi connectivity index (χ1) is 7.88. The summed E-state index contributed by atoms with van der Waals surface area (Å²) in [5.41, 5.74) is 0. The predicted molar refractivity (Wildman–Crippen MR) is 58.9 cm³/mol. The van der Waals surface area contributed by atoms with Gasteiger partial charge in [-0.1, -0.05) is 13.8 Å². The second kappa shape index (κ2) is 7.48. The van der Waals surface area contributed by atoms with Gasteiger partial charge in [-0.25, -0.2) is 9.59 Å². The standard InChI is InChI=1S/C10H18N2O5/c1-6(2)8(12-7(3)13)9(14)16-5-17-10(15)11-4/h6,8H,5H2,1-4H3,(H,11,15)(H,12,13). The van der Waals surface area contributed by atoms with Crippen molar-refractivity contribution in [1.82, 2.24) is 10.6 Å². The largest absolute Gasteiger partial charge is 0.426 e. The van der Waals surface area contributed by atoms with Crippen LogP contribution in [0, 0.1) is 5.92 Å². The summed E-state index contributed by atoms with van der Waals surface area (Å²) in [6.07, 6.45) is -0.696. The molecule has 2 amide bonds. The number of esters is 1. The fourth-order valence-corrected chi connectivity index (χ4v) is 1.02. The van der Waals surface area contributed by atoms with Gasteiger partial charge in [0.05, 0.1) is 0 Å². The summed E-state index contributed by atoms with van der Waals surface area (Å²) in [4.78, 5) is 33.1. The Morgan fingerprint density at radius 2 is 1.76 bits per heavy atom. The zero-order valence-electron chi connectivity index (χ0n) is 10.4. The second-order valence-corrected chi connectivity index (χ2v) is 3.69. The smallest absolute Gasteiger partial charge is 0.409 e. The highest BCUT2D eigenvalue weighted by Crippen LogP contribution is 2.04. The van der Waals surface area contributed by atoms with Crippen LogP contribution in [0.1, 0.15) is 20.8 Å². The van der Waals surface area contributed by atoms with Crippen LogP contribution in [0.15, 0.2) is 0 Å². The van der Waals surface area contributed by atoms with Crippen LogP contribution in [0.4, 0.5) is 4.79 Å². The molecule has 0 saturated heterocycles. The lowest BCUT2D eigenvalue weighted by Crippen LogP contribution is -2.44. The lowest BCUT2D eigenvalue weighted by Gasteiger charge is -2.19. The number of ether oxygens (including phenoxy) is 2. The molecule has 0 aromatic rings. The minimum Gasteiger partial charge on any atom is -0.426 e. The van der Waals surface area contributed by atoms with Crippen LogP contribution in [-0.2, 0) is 19.1 Å². The molecule has 0 fully saturated rings. The van der Waals surface area contributed by atoms with Gasteiger partial charge in [-0.05, 0) is 5.92 Å². The van der Waals surface area contributed by atoms with Crippen LogP contribution >= 0.6 is 0 Å². The number of rotatable bonds is 5. The van der Waals surface area contributed by atoms with Gasteiger partial charge in [-0.2, -0.15) is 0 Å². The number of nitrogens with one attached hydrogen (secondary N) is 2. The minimum absolute atomic E-state index is 0.119. The van der Waals surface area contributed by atoms with Crippen molar-refractivity contribution in [3.63, 3.8) is 0 Å². The molecule has 0 bridgehead atoms. The van der Waals surface area contributed by atoms with Crippen LogP contribution in [0.3, 0.4) is 0 Å². The van der Waals surface area contributed by atoms with Gasteiger partial charge in [0.15, 0.2) is 0 Å². The molecule has 0 aliphatic carbocycles. The fourth-order valence-electron chi connectivity index (χ4n) is 1.02. The summed E-state index contributed by atoms with van der Waals surface area (Å²) < 4.78 is 9.19. The third kappa shape index (κ3) is 6.39. The zero-order chi connectivity index (χ0) is 13.4. The Morgan fingerprint density at radius 1 is 1.18 bits per heavy atom. The molecule has 1 unspecified atom stereocenters. The van der Waals surface area contributed by atoms with Crippen molar-refractivity contribution in [2.45, 2.75) is 26.8 Å². The third-order valence-electron chi connectivity index (χ3n) is 1.87. The molecule has 0 aromatic heterocycles. The minimum atomic E-state index is -0.749. The summed E-state index contributed by atoms with van der Waals surface area (Å²) in [7, 11) is 1.39. The molecule has 7 heteroatoms. The number of hydrogen-bond donors (Lipinski definition) is 2. The van der Waals surface area contributed by atoms with Crippen molar-refractivity contribution < 1.29 is 23.9 Å². The first-order valence-corrected chi connectivity index (χ1v) is 5.16. The Kier molecular flexibility index (Phi) is 6.69. The van der Waals surface area contributed by atoms with Crippen molar-refractivity contribution in [1.29, 1.82) is 0 Å². The molecule has 17 heavy (non-hydrogen) atoms. The van der Waals surface area contributed by atoms with E-state index in [0.717, 1.165) is 0 Å². The molecule has 0 aliphatic heterocycles. The molecule has 1 atom stereocenters. The van der Waals surface area contributed by atoms with E-state index in [-0.39, 0.29) is 11.8 Å². The number of amides is 2. The Bertz CT molecular complexity index is 290. The van der Waals surface area contributed by atoms with E-state index in [9.17, 15) is 14.4 Å². The maximum atomic E-state index is 11.5. The number of alkyl carbamates (subject to hydrolysis) is 1. The summed E-state index contributed by atoms with van der Waals surface area (Å²) in [5.74, 6) is -1.08. The van der Waals surface area contributed by atoms with Crippen molar-refractivity contribution in [3.05, 3.63) is 0 Å². The third-order valence-corrected chi connectivity index (χ3v) is 1.87. The van der Waals surface area contributed by atoms with Gasteiger partial charge in [0.1, 0.15) is 6.04 Å². The van der Waals surface area contributed by atoms with Crippen LogP contribution < -0.4 is 10.6 Å². The van der Waals surface area contributed by atoms with Gasteiger partial charge in [0.25, 0.3) is 0 Å². The average molecular weight is 246 g/mol. The van der Waals surface area contributed by atoms with E-state index in [4.69, 9.17) is 4.74 Å². The van der Waals surface area contributed by atoms with Gasteiger partial charge in [0.2, 0.25) is 12.7 Å². The van der Waals surface area contributed by atoms with E-state index in [1.165, 1.54) is 14.0 Å². The molecular weight excluding hydrogens is 228 g/mol. The van der Waals surface area contributed by atoms with Gasteiger partial charge in [0, 0.05) is 14.0 Å². The molecule has 2 N–H and O–H groups in total. The number of hydrogen-bond acceptors (Lipinski definition) is 5. The highest BCUT2D eigenvalue weighted by Gasteiger charge is 2.24. The van der Waals surface area contributed by atoms with E-state index in [2.05, 4.69) is 15.4 Å². The lowest BCUT2D eigenvalue weighted by molar-refractivity contribution is -0.156. The van der Waals surface area contributed by atoms with Crippen LogP contribution in [0.5, 0.6) is 0 Å². The van der Waals surface area contributed by atoms with Crippen LogP contribution in [-0.4, -0.2) is 37.9 Å². The molecule has 7 nitrogen and oxygen atoms in total. The van der Waals surface area contributed by atoms with E-state index in [1.807, 2.05) is 0 Å². The van der Waals surface area contributed by atoms with Crippen LogP contribution in [0.2, 0.25) is 0 Å². The van der Waals surface area contributed by atoms with Crippen molar-refractivity contribution in [2.75, 3.05) is 13.8 Å². The maximum Gasteiger partial charge on any atom is 0.409 e. The predicted octanol–water partition coefficient (Wildman–Crippen LogP) is 0.00380. The van der Waals surface area contributed by atoms with E-state index in [1.54, 1.807) is 13.8 Å². The van der Waals surface area contributed by atoms with Crippen molar-refractivity contribution >= 4 is 18.0 Å². The van der Waals surface area contributed by atoms with E-state index in [0.29, 0.717) is 0 Å². The number of carbonyl (C=O) groups excluding carboxylic acids is 3. The molecule has 0 radical (unpaired) electrons. The second-order valence-electron chi connectivity index (χ2n) is 3.69. The molecule has 0 heterocycles. The van der Waals surface area contributed by atoms with Crippen molar-refractivity contribution in [3.8, 4) is 0 Å². The molecule has 0 aliphatic rings. The molecule has 98 valence electrons. The average Bonchev–Trinajstić information content (AvgIpc) is 2.24. The van der Waals surface area contributed by atoms with Crippen molar-refractivity contribution in [2.24, 2.45) is 5.92 Å². The van der Waals surface area contributed by atoms with Gasteiger partial charge < -0.3 is 20.1 Å². The summed E-state index contributed by atoms with van der Waals surface area (Å²) in [6, 6.07) is -0.749. The molecular formula is C10H18N2O5. The topological polar surface area (TPSA) is 93.7 Å². The van der Waals surface area contributed by atoms with E-state index >= 15 is 0 Å². The van der Waals surface area contributed by atoms with Gasteiger partial charge in [-0.3, -0.25) is 4.79 Å². The fraction of sp³-hybridized carbons (Fsp3) is 0.700. The first kappa shape index (κ1) is 15.2. The normalized spacial score (nSPS) is 11.6. The van der Waals surface area contributed by atoms with Crippen LogP contribution in [0.25, 0.3) is 0 Å². The Hall–Kier alpha value is -1.79. The first-order valence-electron chi connectivity index (χ1n) is 5.16. The molecule has 0 aromatic carbocycles. The summed E-state index contributed by atoms with van der Waals surface area (Å²) in [6.45, 7) is 4.36. The number of carbonyl (C=O) groups is 3. The highest BCUT2D eigenvalue weighted by molar-refractivity contribution is 5.83. The summed E-state index contributed by atoms with van der Waals surface area (Å²) in [5, 5.41) is 4.66. The monoisotopic (exact) mass is 246 g/mol. The highest BCUT2D eigenvalue weighted by atomic mass is 16.7. The van der Waals surface area contributed by atoms with Gasteiger partial charge >= 0.3 is 12.1 Å². The van der Waals surface area contributed by atoms with Gasteiger partial charge in [-0.15, -0.1) is 0 Å². The maximum absolute atomic E-state index is 11.5. The summed E-state index contributed by atoms with van der Waals surface area (Å²) >= 11 is 0. The molecule has 0 rings (SSSR count). The lowest BCUT2D eigenvalue weighted by atomic mass is 10.1.